The molecule has 0 fully saturated rings. The van der Waals surface area contributed by atoms with Gasteiger partial charge < -0.3 is 39.2 Å². The summed E-state index contributed by atoms with van der Waals surface area (Å²) in [6.07, 6.45) is -0.467. The molecule has 240 valence electrons. The minimum atomic E-state index is -2.03. The molecule has 1 spiro atoms. The Hall–Kier alpha value is -4.61. The zero-order chi connectivity index (χ0) is 32.9. The molecule has 0 aromatic heterocycles. The molecule has 13 heteroatoms. The first-order valence-corrected chi connectivity index (χ1v) is 15.0. The van der Waals surface area contributed by atoms with Gasteiger partial charge in [0.2, 0.25) is 24.1 Å². The first-order valence-electron chi connectivity index (χ1n) is 14.3. The maximum atomic E-state index is 14.3. The molecular formula is C33H29Cl2NO10. The molecular weight excluding hydrogens is 641 g/mol. The summed E-state index contributed by atoms with van der Waals surface area (Å²) in [5.74, 6) is -2.97. The predicted molar refractivity (Wildman–Crippen MR) is 166 cm³/mol. The molecule has 1 unspecified atom stereocenters. The van der Waals surface area contributed by atoms with E-state index in [0.717, 1.165) is 0 Å². The number of nitrogens with one attached hydrogen (secondary N) is 1. The van der Waals surface area contributed by atoms with E-state index < -0.39 is 40.7 Å². The number of aliphatic hydroxyl groups excluding tert-OH is 1. The molecule has 1 amide bonds. The number of hydrogen-bond donors (Lipinski definition) is 3. The van der Waals surface area contributed by atoms with Crippen LogP contribution >= 0.6 is 23.2 Å². The summed E-state index contributed by atoms with van der Waals surface area (Å²) in [5, 5.41) is 24.7. The second-order valence-corrected chi connectivity index (χ2v) is 12.0. The third kappa shape index (κ3) is 5.03. The van der Waals surface area contributed by atoms with Crippen LogP contribution in [0.4, 0.5) is 0 Å². The maximum absolute atomic E-state index is 14.3. The van der Waals surface area contributed by atoms with Crippen molar-refractivity contribution in [2.75, 3.05) is 21.0 Å². The minimum absolute atomic E-state index is 0.000707. The number of halogens is 2. The number of rotatable bonds is 8. The van der Waals surface area contributed by atoms with Crippen LogP contribution in [0.25, 0.3) is 0 Å². The predicted octanol–water partition coefficient (Wildman–Crippen LogP) is 5.67. The lowest BCUT2D eigenvalue weighted by molar-refractivity contribution is -0.122. The smallest absolute Gasteiger partial charge is 0.231 e. The van der Waals surface area contributed by atoms with Crippen LogP contribution in [0, 0.1) is 5.92 Å². The van der Waals surface area contributed by atoms with Crippen molar-refractivity contribution in [3.63, 3.8) is 0 Å². The molecule has 46 heavy (non-hydrogen) atoms. The Kier molecular flexibility index (Phi) is 8.16. The normalized spacial score (nSPS) is 20.4. The number of phenolic OH excluding ortho intramolecular Hbond substituents is 1. The van der Waals surface area contributed by atoms with E-state index in [-0.39, 0.29) is 70.4 Å². The number of hydrogen-bond acceptors (Lipinski definition) is 10. The number of Topliss-reactive ketones (excluding diaryl/α,β-unsaturated/α-hetero) is 2. The Bertz CT molecular complexity index is 1820. The SMILES string of the molecule is COc1cc(OC)c2c(c1Cl)O[C@]1(C2=O)C(O)=C(C(CC(=O)NCc2ccc(O)c(Cl)c2)c2ccc3c(c2)OCO3)C(=O)C[C@H]1C. The molecule has 1 aliphatic carbocycles. The van der Waals surface area contributed by atoms with Crippen molar-refractivity contribution in [2.24, 2.45) is 5.92 Å². The molecule has 3 atom stereocenters. The second kappa shape index (κ2) is 12.0. The van der Waals surface area contributed by atoms with Crippen molar-refractivity contribution in [3.8, 4) is 34.5 Å². The number of methoxy groups -OCH3 is 2. The van der Waals surface area contributed by atoms with E-state index in [4.69, 9.17) is 46.9 Å². The van der Waals surface area contributed by atoms with Gasteiger partial charge in [-0.05, 0) is 35.4 Å². The number of carbonyl (C=O) groups is 3. The Morgan fingerprint density at radius 1 is 1.04 bits per heavy atom. The van der Waals surface area contributed by atoms with E-state index in [9.17, 15) is 24.6 Å². The highest BCUT2D eigenvalue weighted by Crippen LogP contribution is 2.56. The fraction of sp³-hybridized carbons (Fsp3) is 0.303. The highest BCUT2D eigenvalue weighted by Gasteiger charge is 2.61. The molecule has 3 aromatic carbocycles. The lowest BCUT2D eigenvalue weighted by Crippen LogP contribution is -2.53. The second-order valence-electron chi connectivity index (χ2n) is 11.2. The van der Waals surface area contributed by atoms with Gasteiger partial charge in [0.25, 0.3) is 0 Å². The van der Waals surface area contributed by atoms with Crippen LogP contribution in [-0.4, -0.2) is 54.3 Å². The number of aromatic hydroxyl groups is 1. The number of ketones is 2. The van der Waals surface area contributed by atoms with E-state index >= 15 is 0 Å². The summed E-state index contributed by atoms with van der Waals surface area (Å²) < 4.78 is 28.1. The van der Waals surface area contributed by atoms with Gasteiger partial charge >= 0.3 is 0 Å². The van der Waals surface area contributed by atoms with Gasteiger partial charge in [0.1, 0.15) is 27.8 Å². The molecule has 2 heterocycles. The van der Waals surface area contributed by atoms with Crippen LogP contribution in [0.3, 0.4) is 0 Å². The minimum Gasteiger partial charge on any atom is -0.507 e. The Labute approximate surface area is 273 Å². The molecule has 0 radical (unpaired) electrons. The van der Waals surface area contributed by atoms with E-state index in [2.05, 4.69) is 5.32 Å². The average Bonchev–Trinajstić information content (AvgIpc) is 3.63. The van der Waals surface area contributed by atoms with Gasteiger partial charge in [-0.15, -0.1) is 0 Å². The summed E-state index contributed by atoms with van der Waals surface area (Å²) in [6.45, 7) is 1.69. The number of allylic oxidation sites excluding steroid dienone is 1. The maximum Gasteiger partial charge on any atom is 0.231 e. The molecule has 0 saturated carbocycles. The van der Waals surface area contributed by atoms with Crippen molar-refractivity contribution in [2.45, 2.75) is 37.8 Å². The number of fused-ring (bicyclic) bond motifs is 2. The fourth-order valence-corrected chi connectivity index (χ4v) is 6.64. The molecule has 2 aliphatic heterocycles. The van der Waals surface area contributed by atoms with Crippen molar-refractivity contribution in [1.29, 1.82) is 0 Å². The Morgan fingerprint density at radius 3 is 2.50 bits per heavy atom. The number of carbonyl (C=O) groups excluding carboxylic acids is 3. The first-order chi connectivity index (χ1) is 22.0. The zero-order valence-corrected chi connectivity index (χ0v) is 26.5. The first kappa shape index (κ1) is 31.4. The number of phenols is 1. The van der Waals surface area contributed by atoms with Crippen LogP contribution in [-0.2, 0) is 16.1 Å². The summed E-state index contributed by atoms with van der Waals surface area (Å²) in [4.78, 5) is 41.5. The van der Waals surface area contributed by atoms with Crippen molar-refractivity contribution >= 4 is 40.7 Å². The highest BCUT2D eigenvalue weighted by atomic mass is 35.5. The summed E-state index contributed by atoms with van der Waals surface area (Å²) in [6, 6.07) is 10.9. The van der Waals surface area contributed by atoms with Gasteiger partial charge in [0.15, 0.2) is 28.8 Å². The average molecular weight is 670 g/mol. The number of benzene rings is 3. The summed E-state index contributed by atoms with van der Waals surface area (Å²) in [5.41, 5.74) is -1.08. The van der Waals surface area contributed by atoms with Gasteiger partial charge in [-0.1, -0.05) is 42.3 Å². The van der Waals surface area contributed by atoms with E-state index in [0.29, 0.717) is 22.6 Å². The van der Waals surface area contributed by atoms with E-state index in [1.165, 1.54) is 32.4 Å². The summed E-state index contributed by atoms with van der Waals surface area (Å²) >= 11 is 12.6. The highest BCUT2D eigenvalue weighted by molar-refractivity contribution is 6.35. The van der Waals surface area contributed by atoms with Gasteiger partial charge in [-0.3, -0.25) is 14.4 Å². The van der Waals surface area contributed by atoms with Crippen LogP contribution in [0.2, 0.25) is 10.0 Å². The van der Waals surface area contributed by atoms with Gasteiger partial charge in [0, 0.05) is 42.9 Å². The Balaban J connectivity index is 1.43. The Morgan fingerprint density at radius 2 is 1.78 bits per heavy atom. The molecule has 3 aromatic rings. The van der Waals surface area contributed by atoms with Gasteiger partial charge in [-0.2, -0.15) is 0 Å². The number of aliphatic hydroxyl groups is 1. The largest absolute Gasteiger partial charge is 0.507 e. The number of amides is 1. The quantitative estimate of drug-likeness (QED) is 0.274. The molecule has 0 saturated heterocycles. The van der Waals surface area contributed by atoms with Crippen LogP contribution in [0.15, 0.2) is 53.8 Å². The van der Waals surface area contributed by atoms with Gasteiger partial charge in [0.05, 0.1) is 19.2 Å². The summed E-state index contributed by atoms with van der Waals surface area (Å²) in [7, 11) is 2.77. The van der Waals surface area contributed by atoms with Crippen molar-refractivity contribution in [3.05, 3.63) is 80.5 Å². The standard InChI is InChI=1S/C33H29Cl2NO10/c1-15-8-21(38)27(31(40)33(15)32(41)28-24(42-2)12-25(43-3)29(35)30(28)46-33)18(17-5-7-22-23(10-17)45-14-44-22)11-26(39)36-13-16-4-6-20(37)19(34)9-16/h4-7,9-10,12,15,18,37,40H,8,11,13-14H2,1-3H3,(H,36,39)/t15-,18?,33+/m1/s1. The molecule has 0 bridgehead atoms. The molecule has 3 aliphatic rings. The number of ether oxygens (including phenoxy) is 5. The molecule has 11 nitrogen and oxygen atoms in total. The topological polar surface area (TPSA) is 150 Å². The van der Waals surface area contributed by atoms with Gasteiger partial charge in [-0.25, -0.2) is 0 Å². The third-order valence-corrected chi connectivity index (χ3v) is 9.21. The third-order valence-electron chi connectivity index (χ3n) is 8.55. The van der Waals surface area contributed by atoms with Crippen molar-refractivity contribution in [1.82, 2.24) is 5.32 Å². The van der Waals surface area contributed by atoms with E-state index in [1.54, 1.807) is 31.2 Å². The van der Waals surface area contributed by atoms with Crippen LogP contribution in [0.1, 0.15) is 47.2 Å². The van der Waals surface area contributed by atoms with E-state index in [1.807, 2.05) is 0 Å². The molecule has 6 rings (SSSR count). The fourth-order valence-electron chi connectivity index (χ4n) is 6.17. The zero-order valence-electron chi connectivity index (χ0n) is 24.9. The van der Waals surface area contributed by atoms with Crippen LogP contribution < -0.4 is 29.0 Å². The lowest BCUT2D eigenvalue weighted by Gasteiger charge is -2.38. The lowest BCUT2D eigenvalue weighted by atomic mass is 9.69. The van der Waals surface area contributed by atoms with Crippen LogP contribution in [0.5, 0.6) is 34.5 Å². The van der Waals surface area contributed by atoms with Crippen molar-refractivity contribution < 1.29 is 48.3 Å². The molecule has 3 N–H and O–H groups in total. The monoisotopic (exact) mass is 669 g/mol.